The predicted molar refractivity (Wildman–Crippen MR) is 75.4 cm³/mol. The Hall–Kier alpha value is -1.55. The van der Waals surface area contributed by atoms with Crippen LogP contribution in [-0.2, 0) is 10.2 Å². The number of hydrogen-bond acceptors (Lipinski definition) is 3. The number of amides is 1. The smallest absolute Gasteiger partial charge is 0.241 e. The van der Waals surface area contributed by atoms with Crippen molar-refractivity contribution in [2.24, 2.45) is 0 Å². The maximum absolute atomic E-state index is 11.9. The Morgan fingerprint density at radius 2 is 2.00 bits per heavy atom. The van der Waals surface area contributed by atoms with E-state index in [2.05, 4.69) is 37.5 Å². The third-order valence-electron chi connectivity index (χ3n) is 3.40. The number of hydrogen-bond donors (Lipinski definition) is 2. The SMILES string of the molecule is COc1ccc(C2NCCNC2=O)cc1C(C)(C)C. The molecule has 4 nitrogen and oxygen atoms in total. The third kappa shape index (κ3) is 2.89. The molecule has 0 aromatic heterocycles. The van der Waals surface area contributed by atoms with Gasteiger partial charge in [-0.1, -0.05) is 26.8 Å². The van der Waals surface area contributed by atoms with Gasteiger partial charge in [-0.25, -0.2) is 0 Å². The van der Waals surface area contributed by atoms with E-state index in [4.69, 9.17) is 4.74 Å². The summed E-state index contributed by atoms with van der Waals surface area (Å²) in [5.41, 5.74) is 2.09. The first-order chi connectivity index (χ1) is 8.93. The molecule has 1 atom stereocenters. The molecule has 1 aliphatic rings. The fourth-order valence-electron chi connectivity index (χ4n) is 2.36. The Kier molecular flexibility index (Phi) is 3.80. The van der Waals surface area contributed by atoms with Gasteiger partial charge in [-0.3, -0.25) is 4.79 Å². The number of ether oxygens (including phenoxy) is 1. The van der Waals surface area contributed by atoms with Crippen molar-refractivity contribution in [3.63, 3.8) is 0 Å². The van der Waals surface area contributed by atoms with Crippen LogP contribution >= 0.6 is 0 Å². The van der Waals surface area contributed by atoms with Crippen molar-refractivity contribution in [2.45, 2.75) is 32.2 Å². The summed E-state index contributed by atoms with van der Waals surface area (Å²) in [6.45, 7) is 7.92. The van der Waals surface area contributed by atoms with Crippen LogP contribution in [0.1, 0.15) is 37.9 Å². The average Bonchev–Trinajstić information content (AvgIpc) is 2.37. The van der Waals surface area contributed by atoms with E-state index < -0.39 is 0 Å². The quantitative estimate of drug-likeness (QED) is 0.854. The van der Waals surface area contributed by atoms with E-state index in [1.807, 2.05) is 12.1 Å². The van der Waals surface area contributed by atoms with Crippen molar-refractivity contribution in [1.82, 2.24) is 10.6 Å². The maximum Gasteiger partial charge on any atom is 0.241 e. The molecule has 1 heterocycles. The molecule has 4 heteroatoms. The number of carbonyl (C=O) groups is 1. The van der Waals surface area contributed by atoms with Gasteiger partial charge in [0.1, 0.15) is 11.8 Å². The Morgan fingerprint density at radius 3 is 2.58 bits per heavy atom. The van der Waals surface area contributed by atoms with Crippen LogP contribution < -0.4 is 15.4 Å². The standard InChI is InChI=1S/C15H22N2O2/c1-15(2,3)11-9-10(5-6-12(11)19-4)13-14(18)17-8-7-16-13/h5-6,9,13,16H,7-8H2,1-4H3,(H,17,18). The van der Waals surface area contributed by atoms with Crippen LogP contribution in [0.15, 0.2) is 18.2 Å². The third-order valence-corrected chi connectivity index (χ3v) is 3.40. The monoisotopic (exact) mass is 262 g/mol. The maximum atomic E-state index is 11.9. The molecule has 104 valence electrons. The summed E-state index contributed by atoms with van der Waals surface area (Å²) < 4.78 is 5.42. The molecule has 1 fully saturated rings. The number of benzene rings is 1. The topological polar surface area (TPSA) is 50.4 Å². The highest BCUT2D eigenvalue weighted by atomic mass is 16.5. The Bertz CT molecular complexity index is 478. The second-order valence-electron chi connectivity index (χ2n) is 5.89. The summed E-state index contributed by atoms with van der Waals surface area (Å²) in [5, 5.41) is 6.13. The molecule has 19 heavy (non-hydrogen) atoms. The van der Waals surface area contributed by atoms with Gasteiger partial charge in [-0.15, -0.1) is 0 Å². The molecule has 1 aromatic rings. The van der Waals surface area contributed by atoms with E-state index in [-0.39, 0.29) is 17.4 Å². The van der Waals surface area contributed by atoms with Crippen LogP contribution in [0.3, 0.4) is 0 Å². The zero-order chi connectivity index (χ0) is 14.0. The van der Waals surface area contributed by atoms with Crippen molar-refractivity contribution >= 4 is 5.91 Å². The molecule has 2 rings (SSSR count). The molecule has 1 aromatic carbocycles. The van der Waals surface area contributed by atoms with Crippen LogP contribution in [-0.4, -0.2) is 26.1 Å². The number of carbonyl (C=O) groups excluding carboxylic acids is 1. The van der Waals surface area contributed by atoms with Crippen LogP contribution in [0.5, 0.6) is 5.75 Å². The first-order valence-corrected chi connectivity index (χ1v) is 6.63. The lowest BCUT2D eigenvalue weighted by Gasteiger charge is -2.27. The summed E-state index contributed by atoms with van der Waals surface area (Å²) in [7, 11) is 1.68. The Balaban J connectivity index is 2.40. The van der Waals surface area contributed by atoms with E-state index >= 15 is 0 Å². The molecule has 1 unspecified atom stereocenters. The fraction of sp³-hybridized carbons (Fsp3) is 0.533. The van der Waals surface area contributed by atoms with E-state index in [1.54, 1.807) is 7.11 Å². The molecule has 1 amide bonds. The van der Waals surface area contributed by atoms with Gasteiger partial charge < -0.3 is 15.4 Å². The van der Waals surface area contributed by atoms with Gasteiger partial charge in [0.05, 0.1) is 7.11 Å². The lowest BCUT2D eigenvalue weighted by molar-refractivity contribution is -0.124. The van der Waals surface area contributed by atoms with Crippen molar-refractivity contribution in [2.75, 3.05) is 20.2 Å². The highest BCUT2D eigenvalue weighted by molar-refractivity contribution is 5.84. The van der Waals surface area contributed by atoms with Gasteiger partial charge in [0.2, 0.25) is 5.91 Å². The number of rotatable bonds is 2. The van der Waals surface area contributed by atoms with E-state index in [0.29, 0.717) is 6.54 Å². The fourth-order valence-corrected chi connectivity index (χ4v) is 2.36. The second-order valence-corrected chi connectivity index (χ2v) is 5.89. The van der Waals surface area contributed by atoms with Crippen LogP contribution in [0, 0.1) is 0 Å². The summed E-state index contributed by atoms with van der Waals surface area (Å²) in [6.07, 6.45) is 0. The molecule has 1 saturated heterocycles. The Labute approximate surface area is 114 Å². The minimum Gasteiger partial charge on any atom is -0.496 e. The van der Waals surface area contributed by atoms with Crippen molar-refractivity contribution in [1.29, 1.82) is 0 Å². The lowest BCUT2D eigenvalue weighted by Crippen LogP contribution is -2.47. The first-order valence-electron chi connectivity index (χ1n) is 6.63. The van der Waals surface area contributed by atoms with Crippen LogP contribution in [0.2, 0.25) is 0 Å². The summed E-state index contributed by atoms with van der Waals surface area (Å²) in [6, 6.07) is 5.71. The number of nitrogens with one attached hydrogen (secondary N) is 2. The highest BCUT2D eigenvalue weighted by Gasteiger charge is 2.26. The van der Waals surface area contributed by atoms with Crippen molar-refractivity contribution in [3.05, 3.63) is 29.3 Å². The van der Waals surface area contributed by atoms with E-state index in [1.165, 1.54) is 0 Å². The largest absolute Gasteiger partial charge is 0.496 e. The summed E-state index contributed by atoms with van der Waals surface area (Å²) >= 11 is 0. The normalized spacial score (nSPS) is 20.0. The van der Waals surface area contributed by atoms with Crippen LogP contribution in [0.4, 0.5) is 0 Å². The second kappa shape index (κ2) is 5.21. The van der Waals surface area contributed by atoms with Gasteiger partial charge >= 0.3 is 0 Å². The predicted octanol–water partition coefficient (Wildman–Crippen LogP) is 1.75. The van der Waals surface area contributed by atoms with Crippen LogP contribution in [0.25, 0.3) is 0 Å². The highest BCUT2D eigenvalue weighted by Crippen LogP contribution is 2.33. The molecule has 0 bridgehead atoms. The van der Waals surface area contributed by atoms with E-state index in [0.717, 1.165) is 23.4 Å². The lowest BCUT2D eigenvalue weighted by atomic mass is 9.84. The molecule has 0 radical (unpaired) electrons. The molecular formula is C15H22N2O2. The Morgan fingerprint density at radius 1 is 1.26 bits per heavy atom. The van der Waals surface area contributed by atoms with Crippen molar-refractivity contribution in [3.8, 4) is 5.75 Å². The molecule has 0 aliphatic carbocycles. The van der Waals surface area contributed by atoms with Gasteiger partial charge in [-0.2, -0.15) is 0 Å². The van der Waals surface area contributed by atoms with Gasteiger partial charge in [0.15, 0.2) is 0 Å². The minimum absolute atomic E-state index is 0.0213. The van der Waals surface area contributed by atoms with Gasteiger partial charge in [-0.05, 0) is 28.7 Å². The van der Waals surface area contributed by atoms with Gasteiger partial charge in [0, 0.05) is 13.1 Å². The molecular weight excluding hydrogens is 240 g/mol. The average molecular weight is 262 g/mol. The van der Waals surface area contributed by atoms with Gasteiger partial charge in [0.25, 0.3) is 0 Å². The summed E-state index contributed by atoms with van der Waals surface area (Å²) in [5.74, 6) is 0.906. The molecule has 0 saturated carbocycles. The van der Waals surface area contributed by atoms with E-state index in [9.17, 15) is 4.79 Å². The number of methoxy groups -OCH3 is 1. The first kappa shape index (κ1) is 13.9. The zero-order valence-electron chi connectivity index (χ0n) is 12.0. The molecule has 0 spiro atoms. The summed E-state index contributed by atoms with van der Waals surface area (Å²) in [4.78, 5) is 11.9. The zero-order valence-corrected chi connectivity index (χ0v) is 12.0. The molecule has 1 aliphatic heterocycles. The molecule has 2 N–H and O–H groups in total. The minimum atomic E-state index is -0.263. The number of piperazine rings is 1. The van der Waals surface area contributed by atoms with Crippen molar-refractivity contribution < 1.29 is 9.53 Å².